The summed E-state index contributed by atoms with van der Waals surface area (Å²) in [5.74, 6) is 1.14. The van der Waals surface area contributed by atoms with Gasteiger partial charge in [0.25, 0.3) is 0 Å². The van der Waals surface area contributed by atoms with E-state index in [0.29, 0.717) is 40.2 Å². The van der Waals surface area contributed by atoms with Crippen LogP contribution in [0, 0.1) is 25.2 Å². The van der Waals surface area contributed by atoms with Gasteiger partial charge < -0.3 is 29.4 Å². The molecule has 9 heteroatoms. The van der Waals surface area contributed by atoms with E-state index in [-0.39, 0.29) is 30.4 Å². The van der Waals surface area contributed by atoms with Crippen molar-refractivity contribution in [1.82, 2.24) is 0 Å². The zero-order chi connectivity index (χ0) is 31.2. The van der Waals surface area contributed by atoms with E-state index >= 15 is 0 Å². The SMILES string of the molecule is CCOc1cc(C2C(C#N)=C(N)Oc3cc(OC(=O)COc4c(C)cccc4C)ccc32)ccc1OCc1ccccc1Cl. The van der Waals surface area contributed by atoms with Crippen LogP contribution in [0.3, 0.4) is 0 Å². The first-order chi connectivity index (χ1) is 21.3. The van der Waals surface area contributed by atoms with Crippen molar-refractivity contribution in [3.8, 4) is 34.8 Å². The molecule has 224 valence electrons. The molecule has 5 rings (SSSR count). The first-order valence-corrected chi connectivity index (χ1v) is 14.4. The van der Waals surface area contributed by atoms with Gasteiger partial charge in [-0.2, -0.15) is 5.26 Å². The standard InChI is InChI=1S/C35H31ClN2O6/c1-4-40-31-16-23(12-15-29(31)41-19-24-10-5-6-11-28(24)36)33-26-14-13-25(17-30(26)44-35(38)27(33)18-37)43-32(39)20-42-34-21(2)8-7-9-22(34)3/h5-17,33H,4,19-20,38H2,1-3H3. The molecule has 1 unspecified atom stereocenters. The average Bonchev–Trinajstić information content (AvgIpc) is 3.00. The van der Waals surface area contributed by atoms with Crippen LogP contribution in [0.4, 0.5) is 0 Å². The quantitative estimate of drug-likeness (QED) is 0.149. The number of aryl methyl sites for hydroxylation is 2. The third-order valence-electron chi connectivity index (χ3n) is 7.11. The lowest BCUT2D eigenvalue weighted by Gasteiger charge is -2.27. The van der Waals surface area contributed by atoms with Crippen molar-refractivity contribution < 1.29 is 28.5 Å². The molecule has 0 amide bonds. The van der Waals surface area contributed by atoms with E-state index in [2.05, 4.69) is 6.07 Å². The van der Waals surface area contributed by atoms with E-state index < -0.39 is 11.9 Å². The molecule has 0 saturated carbocycles. The number of carbonyl (C=O) groups is 1. The van der Waals surface area contributed by atoms with Crippen molar-refractivity contribution in [3.05, 3.63) is 123 Å². The van der Waals surface area contributed by atoms with Gasteiger partial charge in [0.1, 0.15) is 35.5 Å². The van der Waals surface area contributed by atoms with Gasteiger partial charge in [0, 0.05) is 22.2 Å². The Morgan fingerprint density at radius 1 is 0.955 bits per heavy atom. The minimum absolute atomic E-state index is 0.0381. The highest BCUT2D eigenvalue weighted by Crippen LogP contribution is 2.45. The third kappa shape index (κ3) is 6.59. The number of ether oxygens (including phenoxy) is 5. The molecule has 0 aliphatic carbocycles. The van der Waals surface area contributed by atoms with E-state index in [0.717, 1.165) is 22.3 Å². The summed E-state index contributed by atoms with van der Waals surface area (Å²) < 4.78 is 29.1. The van der Waals surface area contributed by atoms with Crippen molar-refractivity contribution in [2.75, 3.05) is 13.2 Å². The minimum Gasteiger partial charge on any atom is -0.490 e. The number of esters is 1. The van der Waals surface area contributed by atoms with Gasteiger partial charge in [-0.3, -0.25) is 0 Å². The molecule has 0 saturated heterocycles. The summed E-state index contributed by atoms with van der Waals surface area (Å²) in [5, 5.41) is 10.6. The minimum atomic E-state index is -0.574. The van der Waals surface area contributed by atoms with Crippen molar-refractivity contribution in [1.29, 1.82) is 5.26 Å². The van der Waals surface area contributed by atoms with Gasteiger partial charge in [-0.05, 0) is 61.7 Å². The highest BCUT2D eigenvalue weighted by atomic mass is 35.5. The molecule has 4 aromatic carbocycles. The van der Waals surface area contributed by atoms with Crippen LogP contribution in [0.2, 0.25) is 5.02 Å². The molecule has 0 radical (unpaired) electrons. The molecule has 8 nitrogen and oxygen atoms in total. The van der Waals surface area contributed by atoms with Crippen LogP contribution < -0.4 is 29.4 Å². The molecular weight excluding hydrogens is 580 g/mol. The second-order valence-electron chi connectivity index (χ2n) is 10.1. The Morgan fingerprint density at radius 3 is 2.45 bits per heavy atom. The first kappa shape index (κ1) is 30.3. The van der Waals surface area contributed by atoms with Crippen LogP contribution in [0.15, 0.2) is 90.3 Å². The summed E-state index contributed by atoms with van der Waals surface area (Å²) in [5.41, 5.74) is 10.6. The molecule has 1 atom stereocenters. The highest BCUT2D eigenvalue weighted by molar-refractivity contribution is 6.31. The summed E-state index contributed by atoms with van der Waals surface area (Å²) >= 11 is 6.30. The first-order valence-electron chi connectivity index (χ1n) is 14.0. The number of hydrogen-bond acceptors (Lipinski definition) is 8. The van der Waals surface area contributed by atoms with E-state index in [1.54, 1.807) is 24.3 Å². The van der Waals surface area contributed by atoms with Crippen LogP contribution in [0.5, 0.6) is 28.7 Å². The Labute approximate surface area is 261 Å². The van der Waals surface area contributed by atoms with Crippen LogP contribution in [-0.2, 0) is 11.4 Å². The smallest absolute Gasteiger partial charge is 0.349 e. The third-order valence-corrected chi connectivity index (χ3v) is 7.48. The summed E-state index contributed by atoms with van der Waals surface area (Å²) in [7, 11) is 0. The predicted octanol–water partition coefficient (Wildman–Crippen LogP) is 7.14. The molecule has 0 bridgehead atoms. The van der Waals surface area contributed by atoms with Crippen molar-refractivity contribution >= 4 is 17.6 Å². The van der Waals surface area contributed by atoms with Crippen LogP contribution >= 0.6 is 11.6 Å². The summed E-state index contributed by atoms with van der Waals surface area (Å²) in [6, 6.07) is 25.9. The topological polar surface area (TPSA) is 113 Å². The molecule has 44 heavy (non-hydrogen) atoms. The second kappa shape index (κ2) is 13.4. The number of nitrogens with two attached hydrogens (primary N) is 1. The number of benzene rings is 4. The van der Waals surface area contributed by atoms with Crippen LogP contribution in [0.1, 0.15) is 40.7 Å². The van der Waals surface area contributed by atoms with Crippen LogP contribution in [-0.4, -0.2) is 19.2 Å². The summed E-state index contributed by atoms with van der Waals surface area (Å²) in [4.78, 5) is 12.6. The number of fused-ring (bicyclic) bond motifs is 1. The average molecular weight is 611 g/mol. The monoisotopic (exact) mass is 610 g/mol. The lowest BCUT2D eigenvalue weighted by atomic mass is 9.83. The number of carbonyl (C=O) groups excluding carboxylic acids is 1. The van der Waals surface area contributed by atoms with Gasteiger partial charge >= 0.3 is 5.97 Å². The fraction of sp³-hybridized carbons (Fsp3) is 0.200. The van der Waals surface area contributed by atoms with Gasteiger partial charge in [0.05, 0.1) is 12.5 Å². The van der Waals surface area contributed by atoms with E-state index in [1.165, 1.54) is 0 Å². The van der Waals surface area contributed by atoms with Gasteiger partial charge in [0.2, 0.25) is 5.88 Å². The Bertz CT molecular complexity index is 1760. The largest absolute Gasteiger partial charge is 0.490 e. The zero-order valence-corrected chi connectivity index (χ0v) is 25.3. The Kier molecular flexibility index (Phi) is 9.27. The van der Waals surface area contributed by atoms with Gasteiger partial charge in [-0.25, -0.2) is 4.79 Å². The molecule has 0 fully saturated rings. The lowest BCUT2D eigenvalue weighted by Crippen LogP contribution is -2.22. The number of hydrogen-bond donors (Lipinski definition) is 1. The van der Waals surface area contributed by atoms with Gasteiger partial charge in [-0.15, -0.1) is 0 Å². The number of nitriles is 1. The van der Waals surface area contributed by atoms with Crippen molar-refractivity contribution in [2.24, 2.45) is 5.73 Å². The van der Waals surface area contributed by atoms with Gasteiger partial charge in [-0.1, -0.05) is 60.1 Å². The number of rotatable bonds is 10. The Balaban J connectivity index is 1.38. The fourth-order valence-corrected chi connectivity index (χ4v) is 5.21. The summed E-state index contributed by atoms with van der Waals surface area (Å²) in [6.07, 6.45) is 0. The van der Waals surface area contributed by atoms with E-state index in [9.17, 15) is 10.1 Å². The molecule has 2 N–H and O–H groups in total. The molecule has 1 aliphatic rings. The second-order valence-corrected chi connectivity index (χ2v) is 10.5. The predicted molar refractivity (Wildman–Crippen MR) is 166 cm³/mol. The molecule has 1 aliphatic heterocycles. The van der Waals surface area contributed by atoms with Gasteiger partial charge in [0.15, 0.2) is 18.1 Å². The molecule has 4 aromatic rings. The lowest BCUT2D eigenvalue weighted by molar-refractivity contribution is -0.136. The molecule has 1 heterocycles. The molecular formula is C35H31ClN2O6. The Morgan fingerprint density at radius 2 is 1.73 bits per heavy atom. The number of para-hydroxylation sites is 1. The number of nitrogens with zero attached hydrogens (tertiary/aromatic N) is 1. The van der Waals surface area contributed by atoms with Crippen molar-refractivity contribution in [2.45, 2.75) is 33.3 Å². The maximum Gasteiger partial charge on any atom is 0.349 e. The molecule has 0 aromatic heterocycles. The highest BCUT2D eigenvalue weighted by Gasteiger charge is 2.32. The number of allylic oxidation sites excluding steroid dienone is 1. The zero-order valence-electron chi connectivity index (χ0n) is 24.6. The number of halogens is 1. The fourth-order valence-electron chi connectivity index (χ4n) is 5.02. The molecule has 0 spiro atoms. The van der Waals surface area contributed by atoms with Crippen molar-refractivity contribution in [3.63, 3.8) is 0 Å². The van der Waals surface area contributed by atoms with Crippen LogP contribution in [0.25, 0.3) is 0 Å². The maximum atomic E-state index is 12.6. The maximum absolute atomic E-state index is 12.6. The normalized spacial score (nSPS) is 13.8. The Hall–Kier alpha value is -5.13. The summed E-state index contributed by atoms with van der Waals surface area (Å²) in [6.45, 7) is 6.10. The van der Waals surface area contributed by atoms with E-state index in [1.807, 2.05) is 75.4 Å². The van der Waals surface area contributed by atoms with E-state index in [4.69, 9.17) is 41.0 Å².